The highest BCUT2D eigenvalue weighted by Crippen LogP contribution is 2.02. The first-order valence-electron chi connectivity index (χ1n) is 4.02. The van der Waals surface area contributed by atoms with E-state index in [-0.39, 0.29) is 5.91 Å². The van der Waals surface area contributed by atoms with Gasteiger partial charge in [0.15, 0.2) is 5.69 Å². The summed E-state index contributed by atoms with van der Waals surface area (Å²) in [7, 11) is 0. The summed E-state index contributed by atoms with van der Waals surface area (Å²) in [6.45, 7) is 2.64. The molecule has 1 heterocycles. The Kier molecular flexibility index (Phi) is 3.88. The van der Waals surface area contributed by atoms with Crippen LogP contribution in [0.2, 0.25) is 0 Å². The second-order valence-corrected chi connectivity index (χ2v) is 3.87. The van der Waals surface area contributed by atoms with Crippen molar-refractivity contribution in [3.63, 3.8) is 0 Å². The van der Waals surface area contributed by atoms with Crippen LogP contribution in [-0.2, 0) is 0 Å². The Morgan fingerprint density at radius 1 is 1.85 bits per heavy atom. The zero-order valence-electron chi connectivity index (χ0n) is 7.25. The van der Waals surface area contributed by atoms with E-state index in [1.54, 1.807) is 0 Å². The highest BCUT2D eigenvalue weighted by Gasteiger charge is 2.09. The minimum Gasteiger partial charge on any atom is -0.349 e. The van der Waals surface area contributed by atoms with Crippen molar-refractivity contribution in [3.05, 3.63) is 11.9 Å². The lowest BCUT2D eigenvalue weighted by Gasteiger charge is -2.06. The number of rotatable bonds is 4. The van der Waals surface area contributed by atoms with Gasteiger partial charge in [-0.05, 0) is 6.42 Å². The van der Waals surface area contributed by atoms with Crippen LogP contribution >= 0.6 is 15.9 Å². The molecule has 2 N–H and O–H groups in total. The van der Waals surface area contributed by atoms with Crippen LogP contribution in [0.3, 0.4) is 0 Å². The number of carbonyl (C=O) groups excluding carboxylic acids is 1. The second-order valence-electron chi connectivity index (χ2n) is 2.57. The Bertz CT molecular complexity index is 261. The summed E-state index contributed by atoms with van der Waals surface area (Å²) in [4.78, 5) is 11.6. The van der Waals surface area contributed by atoms with Gasteiger partial charge in [0.25, 0.3) is 5.91 Å². The van der Waals surface area contributed by atoms with Crippen molar-refractivity contribution in [2.45, 2.75) is 18.2 Å². The van der Waals surface area contributed by atoms with Crippen LogP contribution in [0.4, 0.5) is 0 Å². The number of alkyl halides is 1. The molecule has 0 fully saturated rings. The summed E-state index contributed by atoms with van der Waals surface area (Å²) in [5, 5.41) is 12.3. The van der Waals surface area contributed by atoms with Gasteiger partial charge in [0.1, 0.15) is 0 Å². The molecule has 0 aliphatic heterocycles. The fourth-order valence-corrected chi connectivity index (χ4v) is 0.911. The smallest absolute Gasteiger partial charge is 0.273 e. The first-order valence-corrected chi connectivity index (χ1v) is 4.93. The molecule has 72 valence electrons. The van der Waals surface area contributed by atoms with Gasteiger partial charge in [0.2, 0.25) is 0 Å². The maximum absolute atomic E-state index is 11.3. The van der Waals surface area contributed by atoms with Crippen molar-refractivity contribution in [2.75, 3.05) is 6.54 Å². The number of aromatic amines is 1. The molecule has 13 heavy (non-hydrogen) atoms. The maximum Gasteiger partial charge on any atom is 0.273 e. The van der Waals surface area contributed by atoms with Gasteiger partial charge in [0, 0.05) is 11.4 Å². The highest BCUT2D eigenvalue weighted by atomic mass is 79.9. The molecular weight excluding hydrogens is 236 g/mol. The van der Waals surface area contributed by atoms with Crippen molar-refractivity contribution < 1.29 is 4.79 Å². The number of hydrogen-bond donors (Lipinski definition) is 2. The monoisotopic (exact) mass is 246 g/mol. The van der Waals surface area contributed by atoms with E-state index in [0.717, 1.165) is 6.42 Å². The quantitative estimate of drug-likeness (QED) is 0.769. The van der Waals surface area contributed by atoms with E-state index in [4.69, 9.17) is 0 Å². The molecule has 0 aromatic carbocycles. The second kappa shape index (κ2) is 4.96. The topological polar surface area (TPSA) is 70.7 Å². The molecule has 0 bridgehead atoms. The molecule has 1 atom stereocenters. The van der Waals surface area contributed by atoms with Gasteiger partial charge in [-0.25, -0.2) is 0 Å². The van der Waals surface area contributed by atoms with E-state index < -0.39 is 0 Å². The fourth-order valence-electron chi connectivity index (χ4n) is 0.749. The Morgan fingerprint density at radius 2 is 2.62 bits per heavy atom. The van der Waals surface area contributed by atoms with Crippen molar-refractivity contribution in [2.24, 2.45) is 0 Å². The Balaban J connectivity index is 2.35. The summed E-state index contributed by atoms with van der Waals surface area (Å²) in [5.74, 6) is -0.202. The van der Waals surface area contributed by atoms with Crippen LogP contribution in [0.5, 0.6) is 0 Å². The van der Waals surface area contributed by atoms with Gasteiger partial charge in [-0.15, -0.1) is 0 Å². The van der Waals surface area contributed by atoms with Crippen LogP contribution in [0.15, 0.2) is 6.20 Å². The Labute approximate surface area is 84.4 Å². The molecule has 1 unspecified atom stereocenters. The van der Waals surface area contributed by atoms with Crippen LogP contribution in [-0.4, -0.2) is 32.7 Å². The third kappa shape index (κ3) is 3.14. The van der Waals surface area contributed by atoms with Crippen LogP contribution in [0.25, 0.3) is 0 Å². The van der Waals surface area contributed by atoms with E-state index in [9.17, 15) is 4.79 Å². The lowest BCUT2D eigenvalue weighted by Crippen LogP contribution is -2.29. The van der Waals surface area contributed by atoms with E-state index >= 15 is 0 Å². The SMILES string of the molecule is CCC(Br)CNC(=O)c1cn[nH]n1. The van der Waals surface area contributed by atoms with Crippen molar-refractivity contribution in [1.82, 2.24) is 20.7 Å². The van der Waals surface area contributed by atoms with E-state index in [1.807, 2.05) is 6.92 Å². The van der Waals surface area contributed by atoms with Gasteiger partial charge in [-0.2, -0.15) is 15.4 Å². The third-order valence-corrected chi connectivity index (χ3v) is 2.55. The van der Waals surface area contributed by atoms with Gasteiger partial charge < -0.3 is 5.32 Å². The van der Waals surface area contributed by atoms with E-state index in [2.05, 4.69) is 36.7 Å². The lowest BCUT2D eigenvalue weighted by molar-refractivity contribution is 0.0949. The lowest BCUT2D eigenvalue weighted by atomic mass is 10.3. The molecule has 1 rings (SSSR count). The maximum atomic E-state index is 11.3. The molecular formula is C7H11BrN4O. The van der Waals surface area contributed by atoms with Crippen LogP contribution < -0.4 is 5.32 Å². The number of hydrogen-bond acceptors (Lipinski definition) is 3. The van der Waals surface area contributed by atoms with Crippen molar-refractivity contribution >= 4 is 21.8 Å². The number of H-pyrrole nitrogens is 1. The summed E-state index contributed by atoms with van der Waals surface area (Å²) in [6, 6.07) is 0. The summed E-state index contributed by atoms with van der Waals surface area (Å²) in [6.07, 6.45) is 2.36. The standard InChI is InChI=1S/C7H11BrN4O/c1-2-5(8)3-9-7(13)6-4-10-12-11-6/h4-5H,2-3H2,1H3,(H,9,13)(H,10,11,12). The largest absolute Gasteiger partial charge is 0.349 e. The van der Waals surface area contributed by atoms with E-state index in [0.29, 0.717) is 17.1 Å². The van der Waals surface area contributed by atoms with Crippen molar-refractivity contribution in [1.29, 1.82) is 0 Å². The summed E-state index contributed by atoms with van der Waals surface area (Å²) < 4.78 is 0. The first-order chi connectivity index (χ1) is 6.24. The van der Waals surface area contributed by atoms with Crippen molar-refractivity contribution in [3.8, 4) is 0 Å². The molecule has 6 heteroatoms. The highest BCUT2D eigenvalue weighted by molar-refractivity contribution is 9.09. The van der Waals surface area contributed by atoms with Crippen LogP contribution in [0, 0.1) is 0 Å². The average molecular weight is 247 g/mol. The Morgan fingerprint density at radius 3 is 3.15 bits per heavy atom. The number of nitrogens with one attached hydrogen (secondary N) is 2. The third-order valence-electron chi connectivity index (χ3n) is 1.57. The molecule has 1 aromatic rings. The predicted octanol–water partition coefficient (Wildman–Crippen LogP) is 0.708. The number of halogens is 1. The van der Waals surface area contributed by atoms with Gasteiger partial charge in [-0.1, -0.05) is 22.9 Å². The minimum atomic E-state index is -0.202. The van der Waals surface area contributed by atoms with Gasteiger partial charge in [-0.3, -0.25) is 4.79 Å². The average Bonchev–Trinajstić information content (AvgIpc) is 2.66. The number of carbonyl (C=O) groups is 1. The number of nitrogens with zero attached hydrogens (tertiary/aromatic N) is 2. The molecule has 0 saturated carbocycles. The molecule has 0 saturated heterocycles. The van der Waals surface area contributed by atoms with E-state index in [1.165, 1.54) is 6.20 Å². The molecule has 0 aliphatic rings. The molecule has 1 aromatic heterocycles. The number of aromatic nitrogens is 3. The fraction of sp³-hybridized carbons (Fsp3) is 0.571. The zero-order chi connectivity index (χ0) is 9.68. The molecule has 0 spiro atoms. The molecule has 0 radical (unpaired) electrons. The predicted molar refractivity (Wildman–Crippen MR) is 51.7 cm³/mol. The minimum absolute atomic E-state index is 0.202. The summed E-state index contributed by atoms with van der Waals surface area (Å²) in [5.41, 5.74) is 0.316. The zero-order valence-corrected chi connectivity index (χ0v) is 8.84. The van der Waals surface area contributed by atoms with Gasteiger partial charge in [0.05, 0.1) is 6.20 Å². The summed E-state index contributed by atoms with van der Waals surface area (Å²) >= 11 is 3.41. The number of amides is 1. The molecule has 0 aliphatic carbocycles. The first kappa shape index (κ1) is 10.2. The Hall–Kier alpha value is -0.910. The molecule has 5 nitrogen and oxygen atoms in total. The normalized spacial score (nSPS) is 12.5. The van der Waals surface area contributed by atoms with Gasteiger partial charge >= 0.3 is 0 Å². The molecule has 1 amide bonds. The van der Waals surface area contributed by atoms with Crippen LogP contribution in [0.1, 0.15) is 23.8 Å².